The summed E-state index contributed by atoms with van der Waals surface area (Å²) in [7, 11) is 0. The lowest BCUT2D eigenvalue weighted by molar-refractivity contribution is 0.208. The molecule has 0 bridgehead atoms. The van der Waals surface area contributed by atoms with E-state index in [0.717, 1.165) is 10.6 Å². The molecule has 0 spiro atoms. The van der Waals surface area contributed by atoms with Crippen LogP contribution in [0.2, 0.25) is 0 Å². The molecular weight excluding hydrogens is 264 g/mol. The molecule has 3 nitrogen and oxygen atoms in total. The molecule has 0 fully saturated rings. The minimum atomic E-state index is -0.823. The van der Waals surface area contributed by atoms with Gasteiger partial charge in [-0.1, -0.05) is 12.1 Å². The molecule has 1 atom stereocenters. The average molecular weight is 278 g/mol. The second kappa shape index (κ2) is 5.56. The van der Waals surface area contributed by atoms with Crippen molar-refractivity contribution in [1.82, 2.24) is 0 Å². The smallest absolute Gasteiger partial charge is 0.150 e. The van der Waals surface area contributed by atoms with Crippen molar-refractivity contribution in [3.05, 3.63) is 48.0 Å². The third-order valence-corrected chi connectivity index (χ3v) is 3.20. The third-order valence-electron chi connectivity index (χ3n) is 2.52. The Morgan fingerprint density at radius 1 is 1.11 bits per heavy atom. The molecule has 0 aliphatic carbocycles. The topological polar surface area (TPSA) is 58.3 Å². The average Bonchev–Trinajstić information content (AvgIpc) is 2.32. The fourth-order valence-corrected chi connectivity index (χ4v) is 1.94. The monoisotopic (exact) mass is 278 g/mol. The van der Waals surface area contributed by atoms with Gasteiger partial charge in [-0.05, 0) is 30.3 Å². The molecule has 18 heavy (non-hydrogen) atoms. The summed E-state index contributed by atoms with van der Waals surface area (Å²) in [6.07, 6.45) is -0.823. The van der Waals surface area contributed by atoms with E-state index in [-0.39, 0.29) is 0 Å². The Balaban J connectivity index is 2.16. The standard InChI is InChI=1S/C13H14N2OS2/c14-11-6-8(4-5-12(11)18)13(16)15-9-2-1-3-10(17)7-9/h1-7,13,15-18H,14H2. The number of aliphatic hydroxyl groups excluding tert-OH is 1. The van der Waals surface area contributed by atoms with Crippen LogP contribution in [0.25, 0.3) is 0 Å². The van der Waals surface area contributed by atoms with Crippen molar-refractivity contribution in [1.29, 1.82) is 0 Å². The van der Waals surface area contributed by atoms with E-state index in [0.29, 0.717) is 16.1 Å². The molecule has 0 aliphatic heterocycles. The highest BCUT2D eigenvalue weighted by Crippen LogP contribution is 2.24. The zero-order valence-electron chi connectivity index (χ0n) is 9.54. The van der Waals surface area contributed by atoms with E-state index >= 15 is 0 Å². The van der Waals surface area contributed by atoms with Crippen molar-refractivity contribution < 1.29 is 5.11 Å². The van der Waals surface area contributed by atoms with Gasteiger partial charge in [0.25, 0.3) is 0 Å². The van der Waals surface area contributed by atoms with E-state index in [1.165, 1.54) is 0 Å². The van der Waals surface area contributed by atoms with Gasteiger partial charge in [0, 0.05) is 26.7 Å². The molecule has 2 rings (SSSR count). The van der Waals surface area contributed by atoms with Crippen molar-refractivity contribution in [3.63, 3.8) is 0 Å². The molecule has 0 saturated heterocycles. The lowest BCUT2D eigenvalue weighted by Crippen LogP contribution is -2.10. The number of anilines is 2. The summed E-state index contributed by atoms with van der Waals surface area (Å²) < 4.78 is 0. The Morgan fingerprint density at radius 3 is 2.56 bits per heavy atom. The van der Waals surface area contributed by atoms with Gasteiger partial charge in [-0.3, -0.25) is 0 Å². The number of rotatable bonds is 3. The quantitative estimate of drug-likeness (QED) is 0.341. The summed E-state index contributed by atoms with van der Waals surface area (Å²) in [4.78, 5) is 1.53. The molecule has 2 aromatic rings. The second-order valence-electron chi connectivity index (χ2n) is 3.92. The third kappa shape index (κ3) is 3.13. The summed E-state index contributed by atoms with van der Waals surface area (Å²) >= 11 is 8.43. The molecule has 0 amide bonds. The van der Waals surface area contributed by atoms with Crippen molar-refractivity contribution in [2.24, 2.45) is 0 Å². The summed E-state index contributed by atoms with van der Waals surface area (Å²) in [6, 6.07) is 12.7. The summed E-state index contributed by atoms with van der Waals surface area (Å²) in [6.45, 7) is 0. The second-order valence-corrected chi connectivity index (χ2v) is 4.91. The summed E-state index contributed by atoms with van der Waals surface area (Å²) in [5.41, 5.74) is 7.77. The van der Waals surface area contributed by atoms with E-state index in [1.54, 1.807) is 18.2 Å². The van der Waals surface area contributed by atoms with Crippen LogP contribution >= 0.6 is 25.3 Å². The number of aliphatic hydroxyl groups is 1. The van der Waals surface area contributed by atoms with Crippen LogP contribution in [0.1, 0.15) is 11.8 Å². The Hall–Kier alpha value is -1.30. The molecule has 5 heteroatoms. The van der Waals surface area contributed by atoms with Crippen LogP contribution in [-0.4, -0.2) is 5.11 Å². The number of thiol groups is 2. The van der Waals surface area contributed by atoms with Crippen molar-refractivity contribution in [2.45, 2.75) is 16.0 Å². The van der Waals surface area contributed by atoms with E-state index < -0.39 is 6.23 Å². The number of hydrogen-bond acceptors (Lipinski definition) is 5. The lowest BCUT2D eigenvalue weighted by atomic mass is 10.1. The van der Waals surface area contributed by atoms with Gasteiger partial charge < -0.3 is 16.2 Å². The first-order chi connectivity index (χ1) is 8.56. The van der Waals surface area contributed by atoms with E-state index in [4.69, 9.17) is 5.73 Å². The number of nitrogen functional groups attached to an aromatic ring is 1. The minimum absolute atomic E-state index is 0.541. The van der Waals surface area contributed by atoms with Gasteiger partial charge in [0.2, 0.25) is 0 Å². The molecule has 1 unspecified atom stereocenters. The molecular formula is C13H14N2OS2. The maximum atomic E-state index is 10.1. The Morgan fingerprint density at radius 2 is 1.89 bits per heavy atom. The molecule has 0 aliphatic rings. The van der Waals surface area contributed by atoms with Crippen molar-refractivity contribution in [2.75, 3.05) is 11.1 Å². The zero-order chi connectivity index (χ0) is 13.1. The van der Waals surface area contributed by atoms with Crippen LogP contribution in [0.4, 0.5) is 11.4 Å². The van der Waals surface area contributed by atoms with Gasteiger partial charge in [0.15, 0.2) is 6.23 Å². The van der Waals surface area contributed by atoms with Gasteiger partial charge in [0.05, 0.1) is 0 Å². The van der Waals surface area contributed by atoms with Crippen LogP contribution in [0, 0.1) is 0 Å². The van der Waals surface area contributed by atoms with Gasteiger partial charge in [0.1, 0.15) is 0 Å². The number of nitrogens with two attached hydrogens (primary N) is 1. The van der Waals surface area contributed by atoms with Gasteiger partial charge in [-0.2, -0.15) is 0 Å². The van der Waals surface area contributed by atoms with Gasteiger partial charge in [-0.25, -0.2) is 0 Å². The van der Waals surface area contributed by atoms with E-state index in [9.17, 15) is 5.11 Å². The fourth-order valence-electron chi connectivity index (χ4n) is 1.58. The summed E-state index contributed by atoms with van der Waals surface area (Å²) in [5, 5.41) is 13.0. The van der Waals surface area contributed by atoms with Crippen LogP contribution in [0.5, 0.6) is 0 Å². The zero-order valence-corrected chi connectivity index (χ0v) is 11.3. The molecule has 0 radical (unpaired) electrons. The largest absolute Gasteiger partial charge is 0.398 e. The van der Waals surface area contributed by atoms with Crippen LogP contribution in [-0.2, 0) is 0 Å². The Kier molecular flexibility index (Phi) is 4.06. The first-order valence-electron chi connectivity index (χ1n) is 5.38. The van der Waals surface area contributed by atoms with Crippen LogP contribution in [0.15, 0.2) is 52.3 Å². The number of benzene rings is 2. The molecule has 0 heterocycles. The number of hydrogen-bond donors (Lipinski definition) is 5. The van der Waals surface area contributed by atoms with E-state index in [1.807, 2.05) is 24.3 Å². The Labute approximate surface area is 117 Å². The molecule has 94 valence electrons. The van der Waals surface area contributed by atoms with Gasteiger partial charge in [-0.15, -0.1) is 25.3 Å². The molecule has 0 saturated carbocycles. The van der Waals surface area contributed by atoms with Crippen molar-refractivity contribution >= 4 is 36.6 Å². The number of nitrogens with one attached hydrogen (secondary N) is 1. The summed E-state index contributed by atoms with van der Waals surface area (Å²) in [5.74, 6) is 0. The van der Waals surface area contributed by atoms with E-state index in [2.05, 4.69) is 30.6 Å². The van der Waals surface area contributed by atoms with Crippen LogP contribution < -0.4 is 11.1 Å². The molecule has 4 N–H and O–H groups in total. The SMILES string of the molecule is Nc1cc(C(O)Nc2cccc(S)c2)ccc1S. The highest BCUT2D eigenvalue weighted by Gasteiger charge is 2.08. The maximum Gasteiger partial charge on any atom is 0.150 e. The molecule has 2 aromatic carbocycles. The molecule has 0 aromatic heterocycles. The van der Waals surface area contributed by atoms with Crippen LogP contribution in [0.3, 0.4) is 0 Å². The lowest BCUT2D eigenvalue weighted by Gasteiger charge is -2.15. The highest BCUT2D eigenvalue weighted by atomic mass is 32.1. The predicted octanol–water partition coefficient (Wildman–Crippen LogP) is 2.95. The minimum Gasteiger partial charge on any atom is -0.398 e. The first-order valence-corrected chi connectivity index (χ1v) is 6.28. The predicted molar refractivity (Wildman–Crippen MR) is 80.4 cm³/mol. The maximum absolute atomic E-state index is 10.1. The van der Waals surface area contributed by atoms with Gasteiger partial charge >= 0.3 is 0 Å². The normalized spacial score (nSPS) is 12.2. The van der Waals surface area contributed by atoms with Crippen molar-refractivity contribution in [3.8, 4) is 0 Å². The Bertz CT molecular complexity index is 560. The highest BCUT2D eigenvalue weighted by molar-refractivity contribution is 7.80. The first kappa shape index (κ1) is 13.1. The fraction of sp³-hybridized carbons (Fsp3) is 0.0769.